The molecule has 68 valence electrons. The molecule has 0 aliphatic carbocycles. The van der Waals surface area contributed by atoms with Crippen LogP contribution in [0.15, 0.2) is 12.2 Å². The zero-order chi connectivity index (χ0) is 8.97. The van der Waals surface area contributed by atoms with Gasteiger partial charge in [0, 0.05) is 0 Å². The molecule has 0 amide bonds. The summed E-state index contributed by atoms with van der Waals surface area (Å²) in [6.45, 7) is 4.97. The molecular formula is C8H11O4-. The van der Waals surface area contributed by atoms with Crippen LogP contribution in [0.1, 0.15) is 6.42 Å². The van der Waals surface area contributed by atoms with E-state index in [0.29, 0.717) is 19.6 Å². The normalized spacial score (nSPS) is 20.5. The van der Waals surface area contributed by atoms with Crippen molar-refractivity contribution in [3.05, 3.63) is 12.2 Å². The fourth-order valence-corrected chi connectivity index (χ4v) is 0.676. The van der Waals surface area contributed by atoms with E-state index in [1.165, 1.54) is 0 Å². The lowest BCUT2D eigenvalue weighted by Crippen LogP contribution is -2.24. The summed E-state index contributed by atoms with van der Waals surface area (Å²) in [5, 5.41) is 10.1. The summed E-state index contributed by atoms with van der Waals surface area (Å²) in [6.07, 6.45) is 0.538. The fourth-order valence-electron chi connectivity index (χ4n) is 0.676. The summed E-state index contributed by atoms with van der Waals surface area (Å²) in [5.41, 5.74) is 0.0757. The van der Waals surface area contributed by atoms with Gasteiger partial charge in [-0.05, 0) is 12.0 Å². The predicted octanol–water partition coefficient (Wildman–Crippen LogP) is -0.902. The van der Waals surface area contributed by atoms with Crippen molar-refractivity contribution >= 4 is 5.97 Å². The summed E-state index contributed by atoms with van der Waals surface area (Å²) >= 11 is 0. The molecule has 12 heavy (non-hydrogen) atoms. The van der Waals surface area contributed by atoms with E-state index in [-0.39, 0.29) is 11.7 Å². The maximum Gasteiger partial charge on any atom is 0.104 e. The van der Waals surface area contributed by atoms with Crippen molar-refractivity contribution in [1.82, 2.24) is 0 Å². The third-order valence-corrected chi connectivity index (χ3v) is 1.54. The van der Waals surface area contributed by atoms with Crippen molar-refractivity contribution in [2.45, 2.75) is 12.5 Å². The summed E-state index contributed by atoms with van der Waals surface area (Å²) in [4.78, 5) is 10.1. The van der Waals surface area contributed by atoms with Crippen molar-refractivity contribution in [3.8, 4) is 0 Å². The minimum Gasteiger partial charge on any atom is -0.545 e. The zero-order valence-corrected chi connectivity index (χ0v) is 6.75. The second kappa shape index (κ2) is 4.23. The van der Waals surface area contributed by atoms with Gasteiger partial charge >= 0.3 is 0 Å². The summed E-state index contributed by atoms with van der Waals surface area (Å²) < 4.78 is 9.99. The average Bonchev–Trinajstić information content (AvgIpc) is 2.80. The highest BCUT2D eigenvalue weighted by molar-refractivity contribution is 5.83. The van der Waals surface area contributed by atoms with Crippen LogP contribution in [0.3, 0.4) is 0 Å². The minimum absolute atomic E-state index is 0.0757. The number of ether oxygens (including phenoxy) is 2. The first-order valence-corrected chi connectivity index (χ1v) is 3.78. The quantitative estimate of drug-likeness (QED) is 0.295. The topological polar surface area (TPSA) is 61.9 Å². The molecule has 1 rings (SSSR count). The van der Waals surface area contributed by atoms with Gasteiger partial charge in [-0.1, -0.05) is 6.58 Å². The monoisotopic (exact) mass is 171 g/mol. The van der Waals surface area contributed by atoms with Crippen molar-refractivity contribution < 1.29 is 19.4 Å². The van der Waals surface area contributed by atoms with Crippen LogP contribution in [0.25, 0.3) is 0 Å². The first-order chi connectivity index (χ1) is 5.70. The summed E-state index contributed by atoms with van der Waals surface area (Å²) in [7, 11) is 0. The van der Waals surface area contributed by atoms with Gasteiger partial charge in [0.15, 0.2) is 0 Å². The number of hydrogen-bond acceptors (Lipinski definition) is 4. The van der Waals surface area contributed by atoms with E-state index in [1.807, 2.05) is 0 Å². The van der Waals surface area contributed by atoms with Crippen molar-refractivity contribution in [3.63, 3.8) is 0 Å². The lowest BCUT2D eigenvalue weighted by atomic mass is 10.2. The van der Waals surface area contributed by atoms with E-state index in [0.717, 1.165) is 6.61 Å². The molecule has 1 unspecified atom stereocenters. The van der Waals surface area contributed by atoms with Crippen LogP contribution in [-0.4, -0.2) is 31.9 Å². The number of aliphatic carboxylic acids is 1. The third-order valence-electron chi connectivity index (χ3n) is 1.54. The third kappa shape index (κ3) is 3.50. The first kappa shape index (κ1) is 9.22. The molecule has 0 radical (unpaired) electrons. The van der Waals surface area contributed by atoms with Crippen LogP contribution in [0.2, 0.25) is 0 Å². The Morgan fingerprint density at radius 2 is 2.42 bits per heavy atom. The van der Waals surface area contributed by atoms with Gasteiger partial charge in [-0.25, -0.2) is 0 Å². The summed E-state index contributed by atoms with van der Waals surface area (Å²) in [6, 6.07) is 0. The van der Waals surface area contributed by atoms with Gasteiger partial charge < -0.3 is 19.4 Å². The molecule has 1 aliphatic heterocycles. The average molecular weight is 171 g/mol. The molecule has 1 aliphatic rings. The molecule has 4 heteroatoms. The Morgan fingerprint density at radius 3 is 2.92 bits per heavy atom. The van der Waals surface area contributed by atoms with E-state index in [1.54, 1.807) is 0 Å². The Kier molecular flexibility index (Phi) is 3.25. The molecule has 0 aromatic heterocycles. The van der Waals surface area contributed by atoms with Gasteiger partial charge in [0.25, 0.3) is 0 Å². The zero-order valence-electron chi connectivity index (χ0n) is 6.75. The highest BCUT2D eigenvalue weighted by atomic mass is 16.6. The van der Waals surface area contributed by atoms with Gasteiger partial charge in [-0.3, -0.25) is 0 Å². The van der Waals surface area contributed by atoms with Crippen LogP contribution in [-0.2, 0) is 14.3 Å². The van der Waals surface area contributed by atoms with Gasteiger partial charge in [-0.15, -0.1) is 0 Å². The number of carbonyl (C=O) groups is 1. The molecule has 0 aromatic rings. The first-order valence-electron chi connectivity index (χ1n) is 3.78. The number of carboxylic acid groups (broad SMARTS) is 1. The number of carboxylic acids is 1. The molecule has 1 saturated heterocycles. The molecule has 0 N–H and O–H groups in total. The fraction of sp³-hybridized carbons (Fsp3) is 0.625. The molecule has 0 spiro atoms. The highest BCUT2D eigenvalue weighted by Crippen LogP contribution is 2.08. The Balaban J connectivity index is 1.93. The van der Waals surface area contributed by atoms with E-state index in [9.17, 15) is 9.90 Å². The van der Waals surface area contributed by atoms with Crippen molar-refractivity contribution in [2.24, 2.45) is 0 Å². The highest BCUT2D eigenvalue weighted by Gasteiger charge is 2.21. The molecule has 0 aromatic carbocycles. The Morgan fingerprint density at radius 1 is 1.75 bits per heavy atom. The standard InChI is InChI=1S/C8H12O4/c1-6(8(9)10)2-3-11-4-7-5-12-7/h7H,1-5H2,(H,9,10)/p-1. The van der Waals surface area contributed by atoms with Crippen LogP contribution in [0, 0.1) is 0 Å². The Hall–Kier alpha value is -0.870. The van der Waals surface area contributed by atoms with Gasteiger partial charge in [0.1, 0.15) is 6.10 Å². The van der Waals surface area contributed by atoms with Gasteiger partial charge in [0.05, 0.1) is 25.8 Å². The van der Waals surface area contributed by atoms with E-state index < -0.39 is 5.97 Å². The maximum atomic E-state index is 10.1. The number of epoxide rings is 1. The minimum atomic E-state index is -1.21. The van der Waals surface area contributed by atoms with Gasteiger partial charge in [-0.2, -0.15) is 0 Å². The van der Waals surface area contributed by atoms with E-state index >= 15 is 0 Å². The maximum absolute atomic E-state index is 10.1. The second-order valence-electron chi connectivity index (χ2n) is 2.67. The van der Waals surface area contributed by atoms with Crippen LogP contribution >= 0.6 is 0 Å². The predicted molar refractivity (Wildman–Crippen MR) is 39.3 cm³/mol. The van der Waals surface area contributed by atoms with Crippen LogP contribution in [0.5, 0.6) is 0 Å². The second-order valence-corrected chi connectivity index (χ2v) is 2.67. The van der Waals surface area contributed by atoms with Crippen LogP contribution in [0.4, 0.5) is 0 Å². The molecule has 0 saturated carbocycles. The van der Waals surface area contributed by atoms with E-state index in [2.05, 4.69) is 6.58 Å². The lowest BCUT2D eigenvalue weighted by Gasteiger charge is -2.05. The SMILES string of the molecule is C=C(CCOCC1CO1)C(=O)[O-]. The number of rotatable bonds is 6. The lowest BCUT2D eigenvalue weighted by molar-refractivity contribution is -0.299. The number of carbonyl (C=O) groups excluding carboxylic acids is 1. The molecule has 1 heterocycles. The van der Waals surface area contributed by atoms with Gasteiger partial charge in [0.2, 0.25) is 0 Å². The molecule has 0 bridgehead atoms. The van der Waals surface area contributed by atoms with E-state index in [4.69, 9.17) is 9.47 Å². The molecule has 4 nitrogen and oxygen atoms in total. The molecular weight excluding hydrogens is 160 g/mol. The molecule has 1 atom stereocenters. The Bertz CT molecular complexity index is 183. The smallest absolute Gasteiger partial charge is 0.104 e. The van der Waals surface area contributed by atoms with Crippen molar-refractivity contribution in [1.29, 1.82) is 0 Å². The Labute approximate surface area is 70.8 Å². The van der Waals surface area contributed by atoms with Crippen LogP contribution < -0.4 is 5.11 Å². The number of hydrogen-bond donors (Lipinski definition) is 0. The largest absolute Gasteiger partial charge is 0.545 e. The molecule has 1 fully saturated rings. The van der Waals surface area contributed by atoms with Crippen molar-refractivity contribution in [2.75, 3.05) is 19.8 Å². The summed E-state index contributed by atoms with van der Waals surface area (Å²) in [5.74, 6) is -1.21.